The summed E-state index contributed by atoms with van der Waals surface area (Å²) in [7, 11) is 1.75. The number of aromatic nitrogens is 2. The van der Waals surface area contributed by atoms with E-state index in [-0.39, 0.29) is 5.91 Å². The SMILES string of the molecule is CO[C@H]1CCN(CC#Cc2ccc(-n3nc(C(=O)NC(C)(C)C)c(C)c3-c3ccc(Cl)cc3)c(Cl)c2)C1. The average Bonchev–Trinajstić information content (AvgIpc) is 3.43. The highest BCUT2D eigenvalue weighted by Gasteiger charge is 2.25. The van der Waals surface area contributed by atoms with Crippen molar-refractivity contribution in [2.45, 2.75) is 45.8 Å². The summed E-state index contributed by atoms with van der Waals surface area (Å²) in [5.41, 5.74) is 3.84. The molecule has 0 bridgehead atoms. The van der Waals surface area contributed by atoms with Gasteiger partial charge in [0.25, 0.3) is 5.91 Å². The Hall–Kier alpha value is -2.82. The molecule has 1 fully saturated rings. The summed E-state index contributed by atoms with van der Waals surface area (Å²) in [5, 5.41) is 8.85. The van der Waals surface area contributed by atoms with Gasteiger partial charge in [0.05, 0.1) is 29.1 Å². The number of carbonyl (C=O) groups excluding carboxylic acids is 1. The van der Waals surface area contributed by atoms with Gasteiger partial charge in [0.2, 0.25) is 0 Å². The molecule has 2 heterocycles. The molecule has 194 valence electrons. The first-order chi connectivity index (χ1) is 17.6. The number of amides is 1. The van der Waals surface area contributed by atoms with Crippen LogP contribution in [-0.2, 0) is 4.74 Å². The van der Waals surface area contributed by atoms with Gasteiger partial charge in [0.15, 0.2) is 5.69 Å². The molecule has 0 radical (unpaired) electrons. The zero-order valence-electron chi connectivity index (χ0n) is 21.9. The van der Waals surface area contributed by atoms with Gasteiger partial charge in [-0.25, -0.2) is 4.68 Å². The van der Waals surface area contributed by atoms with Crippen molar-refractivity contribution in [2.24, 2.45) is 0 Å². The molecule has 1 aliphatic rings. The maximum Gasteiger partial charge on any atom is 0.272 e. The lowest BCUT2D eigenvalue weighted by atomic mass is 10.0. The summed E-state index contributed by atoms with van der Waals surface area (Å²) in [6.45, 7) is 10.3. The van der Waals surface area contributed by atoms with Crippen molar-refractivity contribution in [1.82, 2.24) is 20.0 Å². The van der Waals surface area contributed by atoms with Gasteiger partial charge in [-0.15, -0.1) is 0 Å². The van der Waals surface area contributed by atoms with Crippen molar-refractivity contribution >= 4 is 29.1 Å². The van der Waals surface area contributed by atoms with Crippen LogP contribution in [0.15, 0.2) is 42.5 Å². The molecule has 0 aliphatic carbocycles. The van der Waals surface area contributed by atoms with Crippen molar-refractivity contribution in [2.75, 3.05) is 26.7 Å². The number of hydrogen-bond acceptors (Lipinski definition) is 4. The third-order valence-corrected chi connectivity index (χ3v) is 6.77. The van der Waals surface area contributed by atoms with E-state index in [1.54, 1.807) is 11.8 Å². The Bertz CT molecular complexity index is 1350. The van der Waals surface area contributed by atoms with E-state index in [1.165, 1.54) is 0 Å². The second-order valence-electron chi connectivity index (χ2n) is 10.3. The van der Waals surface area contributed by atoms with Gasteiger partial charge >= 0.3 is 0 Å². The molecule has 3 aromatic rings. The summed E-state index contributed by atoms with van der Waals surface area (Å²) in [5.74, 6) is 6.21. The van der Waals surface area contributed by atoms with Crippen LogP contribution in [0.5, 0.6) is 0 Å². The zero-order valence-corrected chi connectivity index (χ0v) is 23.4. The number of rotatable bonds is 5. The Kier molecular flexibility index (Phi) is 8.30. The van der Waals surface area contributed by atoms with Gasteiger partial charge in [0, 0.05) is 47.5 Å². The fourth-order valence-corrected chi connectivity index (χ4v) is 4.76. The van der Waals surface area contributed by atoms with E-state index in [1.807, 2.05) is 70.2 Å². The molecule has 8 heteroatoms. The monoisotopic (exact) mass is 538 g/mol. The van der Waals surface area contributed by atoms with Crippen LogP contribution >= 0.6 is 23.2 Å². The number of methoxy groups -OCH3 is 1. The molecule has 0 saturated carbocycles. The van der Waals surface area contributed by atoms with Crippen LogP contribution in [0.2, 0.25) is 10.0 Å². The predicted octanol–water partition coefficient (Wildman–Crippen LogP) is 5.76. The van der Waals surface area contributed by atoms with Crippen LogP contribution in [0.4, 0.5) is 0 Å². The van der Waals surface area contributed by atoms with E-state index in [0.717, 1.165) is 41.9 Å². The number of likely N-dealkylation sites (tertiary alicyclic amines) is 1. The average molecular weight is 540 g/mol. The molecule has 1 atom stereocenters. The smallest absolute Gasteiger partial charge is 0.272 e. The Labute approximate surface area is 228 Å². The van der Waals surface area contributed by atoms with Crippen LogP contribution in [0, 0.1) is 18.8 Å². The fourth-order valence-electron chi connectivity index (χ4n) is 4.38. The van der Waals surface area contributed by atoms with E-state index in [4.69, 9.17) is 33.0 Å². The lowest BCUT2D eigenvalue weighted by Crippen LogP contribution is -2.41. The predicted molar refractivity (Wildman–Crippen MR) is 150 cm³/mol. The van der Waals surface area contributed by atoms with Gasteiger partial charge in [-0.05, 0) is 64.4 Å². The highest BCUT2D eigenvalue weighted by molar-refractivity contribution is 6.32. The Balaban J connectivity index is 1.68. The van der Waals surface area contributed by atoms with E-state index >= 15 is 0 Å². The molecule has 0 spiro atoms. The van der Waals surface area contributed by atoms with E-state index in [0.29, 0.717) is 34.1 Å². The van der Waals surface area contributed by atoms with Gasteiger partial charge < -0.3 is 10.1 Å². The van der Waals surface area contributed by atoms with Crippen molar-refractivity contribution < 1.29 is 9.53 Å². The normalized spacial score (nSPS) is 15.9. The summed E-state index contributed by atoms with van der Waals surface area (Å²) in [6, 6.07) is 13.1. The summed E-state index contributed by atoms with van der Waals surface area (Å²) < 4.78 is 7.15. The number of nitrogens with one attached hydrogen (secondary N) is 1. The molecule has 6 nitrogen and oxygen atoms in total. The standard InChI is InChI=1S/C29H32Cl2N4O2/c1-19-26(28(36)32-29(2,3)4)33-35(27(19)21-9-11-22(30)12-10-21)25-13-8-20(17-24(25)31)7-6-15-34-16-14-23(18-34)37-5/h8-13,17,23H,14-16,18H2,1-5H3,(H,32,36)/t23-/m0/s1. The first-order valence-corrected chi connectivity index (χ1v) is 13.0. The molecular formula is C29H32Cl2N4O2. The van der Waals surface area contributed by atoms with Crippen molar-refractivity contribution in [3.05, 3.63) is 69.3 Å². The quantitative estimate of drug-likeness (QED) is 0.420. The Morgan fingerprint density at radius 2 is 1.92 bits per heavy atom. The second-order valence-corrected chi connectivity index (χ2v) is 11.1. The highest BCUT2D eigenvalue weighted by atomic mass is 35.5. The Morgan fingerprint density at radius 1 is 1.19 bits per heavy atom. The molecule has 2 aromatic carbocycles. The highest BCUT2D eigenvalue weighted by Crippen LogP contribution is 2.32. The number of hydrogen-bond donors (Lipinski definition) is 1. The maximum atomic E-state index is 13.1. The summed E-state index contributed by atoms with van der Waals surface area (Å²) in [6.07, 6.45) is 1.33. The lowest BCUT2D eigenvalue weighted by molar-refractivity contribution is 0.0913. The molecule has 1 amide bonds. The molecule has 1 aliphatic heterocycles. The molecule has 1 aromatic heterocycles. The second kappa shape index (κ2) is 11.3. The molecular weight excluding hydrogens is 507 g/mol. The minimum Gasteiger partial charge on any atom is -0.380 e. The van der Waals surface area contributed by atoms with Crippen molar-refractivity contribution in [3.63, 3.8) is 0 Å². The van der Waals surface area contributed by atoms with Gasteiger partial charge in [-0.3, -0.25) is 9.69 Å². The number of carbonyl (C=O) groups is 1. The van der Waals surface area contributed by atoms with Crippen LogP contribution < -0.4 is 5.32 Å². The van der Waals surface area contributed by atoms with E-state index < -0.39 is 5.54 Å². The van der Waals surface area contributed by atoms with Crippen LogP contribution in [-0.4, -0.2) is 59.0 Å². The fraction of sp³-hybridized carbons (Fsp3) is 0.379. The minimum atomic E-state index is -0.398. The molecule has 0 unspecified atom stereocenters. The molecule has 1 saturated heterocycles. The number of benzene rings is 2. The molecule has 37 heavy (non-hydrogen) atoms. The minimum absolute atomic E-state index is 0.241. The summed E-state index contributed by atoms with van der Waals surface area (Å²) >= 11 is 12.9. The van der Waals surface area contributed by atoms with Crippen molar-refractivity contribution in [3.8, 4) is 28.8 Å². The number of halogens is 2. The number of ether oxygens (including phenoxy) is 1. The summed E-state index contributed by atoms with van der Waals surface area (Å²) in [4.78, 5) is 15.4. The topological polar surface area (TPSA) is 59.4 Å². The zero-order chi connectivity index (χ0) is 26.7. The lowest BCUT2D eigenvalue weighted by Gasteiger charge is -2.19. The van der Waals surface area contributed by atoms with Crippen LogP contribution in [0.1, 0.15) is 48.8 Å². The first-order valence-electron chi connectivity index (χ1n) is 12.3. The largest absolute Gasteiger partial charge is 0.380 e. The van der Waals surface area contributed by atoms with Gasteiger partial charge in [-0.2, -0.15) is 5.10 Å². The third-order valence-electron chi connectivity index (χ3n) is 6.22. The van der Waals surface area contributed by atoms with E-state index in [9.17, 15) is 4.79 Å². The van der Waals surface area contributed by atoms with E-state index in [2.05, 4.69) is 22.1 Å². The Morgan fingerprint density at radius 3 is 2.54 bits per heavy atom. The van der Waals surface area contributed by atoms with Crippen LogP contribution in [0.25, 0.3) is 16.9 Å². The molecule has 1 N–H and O–H groups in total. The van der Waals surface area contributed by atoms with Gasteiger partial charge in [-0.1, -0.05) is 47.2 Å². The number of nitrogens with zero attached hydrogens (tertiary/aromatic N) is 3. The van der Waals surface area contributed by atoms with Crippen molar-refractivity contribution in [1.29, 1.82) is 0 Å². The molecule has 4 rings (SSSR count). The third kappa shape index (κ3) is 6.55. The maximum absolute atomic E-state index is 13.1. The van der Waals surface area contributed by atoms with Crippen LogP contribution in [0.3, 0.4) is 0 Å². The first kappa shape index (κ1) is 27.2. The van der Waals surface area contributed by atoms with Gasteiger partial charge in [0.1, 0.15) is 0 Å².